The molecule has 4 nitrogen and oxygen atoms in total. The number of nitrogens with one attached hydrogen (secondary N) is 1. The Hall–Kier alpha value is -0.160. The molecule has 1 aliphatic rings. The normalized spacial score (nSPS) is 21.7. The van der Waals surface area contributed by atoms with Crippen LogP contribution in [0.2, 0.25) is 0 Å². The maximum Gasteiger partial charge on any atom is 0.0954 e. The first-order valence-corrected chi connectivity index (χ1v) is 5.02. The fourth-order valence-corrected chi connectivity index (χ4v) is 1.67. The third-order valence-corrected chi connectivity index (χ3v) is 2.34. The van der Waals surface area contributed by atoms with Crippen LogP contribution < -0.4 is 5.48 Å². The van der Waals surface area contributed by atoms with Gasteiger partial charge >= 0.3 is 0 Å². The van der Waals surface area contributed by atoms with Crippen LogP contribution in [0.3, 0.4) is 0 Å². The van der Waals surface area contributed by atoms with Crippen molar-refractivity contribution < 1.29 is 9.94 Å². The molecule has 0 amide bonds. The summed E-state index contributed by atoms with van der Waals surface area (Å²) in [5.74, 6) is 0. The first-order chi connectivity index (χ1) is 6.33. The largest absolute Gasteiger partial charge is 0.389 e. The van der Waals surface area contributed by atoms with Crippen molar-refractivity contribution in [3.8, 4) is 0 Å². The minimum Gasteiger partial charge on any atom is -0.389 e. The smallest absolute Gasteiger partial charge is 0.0954 e. The molecule has 1 rings (SSSR count). The lowest BCUT2D eigenvalue weighted by Crippen LogP contribution is -2.38. The fourth-order valence-electron chi connectivity index (χ4n) is 1.67. The van der Waals surface area contributed by atoms with E-state index in [2.05, 4.69) is 10.4 Å². The van der Waals surface area contributed by atoms with Gasteiger partial charge in [0.2, 0.25) is 0 Å². The summed E-state index contributed by atoms with van der Waals surface area (Å²) in [4.78, 5) is 7.21. The lowest BCUT2D eigenvalue weighted by molar-refractivity contribution is -0.0229. The number of aliphatic hydroxyl groups excluding tert-OH is 1. The van der Waals surface area contributed by atoms with E-state index in [4.69, 9.17) is 4.84 Å². The van der Waals surface area contributed by atoms with Crippen molar-refractivity contribution in [3.63, 3.8) is 0 Å². The highest BCUT2D eigenvalue weighted by atomic mass is 16.6. The van der Waals surface area contributed by atoms with Crippen molar-refractivity contribution in [2.45, 2.75) is 25.4 Å². The Labute approximate surface area is 79.8 Å². The maximum atomic E-state index is 9.53. The molecule has 4 heteroatoms. The highest BCUT2D eigenvalue weighted by Crippen LogP contribution is 2.08. The van der Waals surface area contributed by atoms with E-state index in [9.17, 15) is 5.11 Å². The van der Waals surface area contributed by atoms with Gasteiger partial charge in [0, 0.05) is 13.6 Å². The summed E-state index contributed by atoms with van der Waals surface area (Å²) in [7, 11) is 1.70. The van der Waals surface area contributed by atoms with Gasteiger partial charge in [0.15, 0.2) is 0 Å². The Balaban J connectivity index is 2.07. The molecule has 13 heavy (non-hydrogen) atoms. The van der Waals surface area contributed by atoms with Crippen LogP contribution in [-0.2, 0) is 4.84 Å². The lowest BCUT2D eigenvalue weighted by atomic mass is 10.1. The first kappa shape index (κ1) is 10.9. The zero-order chi connectivity index (χ0) is 9.52. The number of likely N-dealkylation sites (tertiary alicyclic amines) is 1. The van der Waals surface area contributed by atoms with Gasteiger partial charge in [-0.15, -0.1) is 0 Å². The monoisotopic (exact) mass is 188 g/mol. The van der Waals surface area contributed by atoms with E-state index in [0.717, 1.165) is 19.6 Å². The molecule has 0 aromatic carbocycles. The molecule has 0 bridgehead atoms. The molecule has 1 aliphatic heterocycles. The van der Waals surface area contributed by atoms with Crippen LogP contribution >= 0.6 is 0 Å². The topological polar surface area (TPSA) is 44.7 Å². The van der Waals surface area contributed by atoms with Gasteiger partial charge in [0.05, 0.1) is 12.7 Å². The van der Waals surface area contributed by atoms with Crippen molar-refractivity contribution in [3.05, 3.63) is 0 Å². The number of hydroxylamine groups is 1. The molecule has 0 aliphatic carbocycles. The van der Waals surface area contributed by atoms with Crippen molar-refractivity contribution in [1.82, 2.24) is 10.4 Å². The second-order valence-corrected chi connectivity index (χ2v) is 3.53. The van der Waals surface area contributed by atoms with E-state index in [1.165, 1.54) is 19.3 Å². The summed E-state index contributed by atoms with van der Waals surface area (Å²) in [6.45, 7) is 3.35. The summed E-state index contributed by atoms with van der Waals surface area (Å²) in [6, 6.07) is 0. The Morgan fingerprint density at radius 3 is 2.69 bits per heavy atom. The van der Waals surface area contributed by atoms with Crippen LogP contribution in [-0.4, -0.2) is 49.4 Å². The summed E-state index contributed by atoms with van der Waals surface area (Å²) < 4.78 is 0. The van der Waals surface area contributed by atoms with Crippen molar-refractivity contribution >= 4 is 0 Å². The standard InChI is InChI=1S/C9H20N2O2/c1-10-13-8-9(12)7-11-5-3-2-4-6-11/h9-10,12H,2-8H2,1H3. The number of rotatable bonds is 5. The zero-order valence-electron chi connectivity index (χ0n) is 8.33. The fraction of sp³-hybridized carbons (Fsp3) is 1.00. The molecule has 1 heterocycles. The highest BCUT2D eigenvalue weighted by molar-refractivity contribution is 4.68. The Morgan fingerprint density at radius 1 is 1.38 bits per heavy atom. The highest BCUT2D eigenvalue weighted by Gasteiger charge is 2.14. The predicted molar refractivity (Wildman–Crippen MR) is 51.3 cm³/mol. The maximum absolute atomic E-state index is 9.53. The van der Waals surface area contributed by atoms with E-state index < -0.39 is 0 Å². The van der Waals surface area contributed by atoms with Crippen molar-refractivity contribution in [2.75, 3.05) is 33.3 Å². The zero-order valence-corrected chi connectivity index (χ0v) is 8.33. The first-order valence-electron chi connectivity index (χ1n) is 5.02. The SMILES string of the molecule is CNOCC(O)CN1CCCCC1. The Morgan fingerprint density at radius 2 is 2.08 bits per heavy atom. The van der Waals surface area contributed by atoms with Crippen molar-refractivity contribution in [1.29, 1.82) is 0 Å². The van der Waals surface area contributed by atoms with Crippen LogP contribution in [0.15, 0.2) is 0 Å². The molecule has 0 radical (unpaired) electrons. The number of hydrogen-bond acceptors (Lipinski definition) is 4. The van der Waals surface area contributed by atoms with Crippen molar-refractivity contribution in [2.24, 2.45) is 0 Å². The molecule has 1 unspecified atom stereocenters. The summed E-state index contributed by atoms with van der Waals surface area (Å²) in [5.41, 5.74) is 2.56. The number of β-amino-alcohol motifs (C(OH)–C–C–N with tert-alkyl or cyclic N) is 1. The van der Waals surface area contributed by atoms with Gasteiger partial charge in [-0.2, -0.15) is 0 Å². The minimum atomic E-state index is -0.370. The molecule has 0 aromatic heterocycles. The third kappa shape index (κ3) is 4.57. The van der Waals surface area contributed by atoms with Gasteiger partial charge in [-0.25, -0.2) is 5.48 Å². The van der Waals surface area contributed by atoms with Crippen LogP contribution in [0, 0.1) is 0 Å². The summed E-state index contributed by atoms with van der Waals surface area (Å²) >= 11 is 0. The van der Waals surface area contributed by atoms with E-state index in [-0.39, 0.29) is 6.10 Å². The molecule has 1 atom stereocenters. The van der Waals surface area contributed by atoms with Crippen LogP contribution in [0.4, 0.5) is 0 Å². The second kappa shape index (κ2) is 6.32. The van der Waals surface area contributed by atoms with Gasteiger partial charge in [-0.3, -0.25) is 4.84 Å². The predicted octanol–water partition coefficient (Wildman–Crippen LogP) is -0.0158. The average Bonchev–Trinajstić information content (AvgIpc) is 2.16. The molecule has 2 N–H and O–H groups in total. The molecular weight excluding hydrogens is 168 g/mol. The van der Waals surface area contributed by atoms with E-state index in [1.807, 2.05) is 0 Å². The van der Waals surface area contributed by atoms with Gasteiger partial charge in [0.25, 0.3) is 0 Å². The third-order valence-electron chi connectivity index (χ3n) is 2.34. The molecule has 0 aromatic rings. The number of nitrogens with zero attached hydrogens (tertiary/aromatic N) is 1. The number of hydrogen-bond donors (Lipinski definition) is 2. The number of piperidine rings is 1. The van der Waals surface area contributed by atoms with Gasteiger partial charge in [-0.1, -0.05) is 6.42 Å². The number of aliphatic hydroxyl groups is 1. The molecule has 0 saturated carbocycles. The molecule has 1 saturated heterocycles. The van der Waals surface area contributed by atoms with E-state index >= 15 is 0 Å². The molecular formula is C9H20N2O2. The summed E-state index contributed by atoms with van der Waals surface area (Å²) in [6.07, 6.45) is 3.49. The minimum absolute atomic E-state index is 0.368. The van der Waals surface area contributed by atoms with Gasteiger partial charge in [-0.05, 0) is 25.9 Å². The lowest BCUT2D eigenvalue weighted by Gasteiger charge is -2.28. The Bertz CT molecular complexity index is 127. The van der Waals surface area contributed by atoms with Crippen LogP contribution in [0.5, 0.6) is 0 Å². The Kier molecular flexibility index (Phi) is 5.31. The average molecular weight is 188 g/mol. The van der Waals surface area contributed by atoms with Crippen LogP contribution in [0.1, 0.15) is 19.3 Å². The quantitative estimate of drug-likeness (QED) is 0.595. The summed E-state index contributed by atoms with van der Waals surface area (Å²) in [5, 5.41) is 9.53. The van der Waals surface area contributed by atoms with Gasteiger partial charge < -0.3 is 10.0 Å². The van der Waals surface area contributed by atoms with Gasteiger partial charge in [0.1, 0.15) is 0 Å². The molecule has 1 fully saturated rings. The second-order valence-electron chi connectivity index (χ2n) is 3.53. The molecule has 0 spiro atoms. The van der Waals surface area contributed by atoms with E-state index in [1.54, 1.807) is 7.05 Å². The van der Waals surface area contributed by atoms with Crippen LogP contribution in [0.25, 0.3) is 0 Å². The van der Waals surface area contributed by atoms with E-state index in [0.29, 0.717) is 6.61 Å². The molecule has 78 valence electrons.